The molecule has 0 aliphatic heterocycles. The second-order valence-corrected chi connectivity index (χ2v) is 4.06. The van der Waals surface area contributed by atoms with Crippen molar-refractivity contribution in [1.82, 2.24) is 4.98 Å². The van der Waals surface area contributed by atoms with Crippen LogP contribution in [0.3, 0.4) is 0 Å². The second kappa shape index (κ2) is 5.82. The highest BCUT2D eigenvalue weighted by atomic mass is 16.2. The number of nitrogens with zero attached hydrogens (tertiary/aromatic N) is 3. The highest BCUT2D eigenvalue weighted by molar-refractivity contribution is 6.09. The van der Waals surface area contributed by atoms with E-state index >= 15 is 0 Å². The number of nitriles is 1. The summed E-state index contributed by atoms with van der Waals surface area (Å²) in [5, 5.41) is 9.09. The monoisotopic (exact) mass is 267 g/mol. The number of hydrogen-bond acceptors (Lipinski definition) is 5. The number of para-hydroxylation sites is 1. The van der Waals surface area contributed by atoms with Gasteiger partial charge in [0.15, 0.2) is 0 Å². The number of carbonyl (C=O) groups is 1. The molecular formula is C14H13N5O. The molecule has 2 rings (SSSR count). The van der Waals surface area contributed by atoms with Gasteiger partial charge in [0.05, 0.1) is 28.7 Å². The summed E-state index contributed by atoms with van der Waals surface area (Å²) in [7, 11) is 1.61. The third-order valence-corrected chi connectivity index (χ3v) is 2.90. The highest BCUT2D eigenvalue weighted by Crippen LogP contribution is 2.22. The Bertz CT molecular complexity index is 677. The number of anilines is 2. The van der Waals surface area contributed by atoms with Crippen LogP contribution in [0.4, 0.5) is 11.4 Å². The minimum atomic E-state index is -0.275. The van der Waals surface area contributed by atoms with Gasteiger partial charge in [-0.25, -0.2) is 0 Å². The maximum absolute atomic E-state index is 12.5. The van der Waals surface area contributed by atoms with Gasteiger partial charge < -0.3 is 10.3 Å². The lowest BCUT2D eigenvalue weighted by Gasteiger charge is -2.19. The van der Waals surface area contributed by atoms with Gasteiger partial charge in [0.1, 0.15) is 6.07 Å². The fourth-order valence-electron chi connectivity index (χ4n) is 1.85. The Kier molecular flexibility index (Phi) is 3.93. The predicted octanol–water partition coefficient (Wildman–Crippen LogP) is 1.52. The van der Waals surface area contributed by atoms with Crippen molar-refractivity contribution in [2.75, 3.05) is 17.4 Å². The van der Waals surface area contributed by atoms with Crippen LogP contribution in [0.1, 0.15) is 15.9 Å². The van der Waals surface area contributed by atoms with Crippen molar-refractivity contribution in [1.29, 1.82) is 5.26 Å². The first-order chi connectivity index (χ1) is 9.69. The van der Waals surface area contributed by atoms with E-state index in [1.165, 1.54) is 17.3 Å². The summed E-state index contributed by atoms with van der Waals surface area (Å²) < 4.78 is 0. The van der Waals surface area contributed by atoms with Crippen LogP contribution in [0.5, 0.6) is 0 Å². The van der Waals surface area contributed by atoms with Crippen LogP contribution in [-0.4, -0.2) is 17.9 Å². The molecule has 1 heterocycles. The van der Waals surface area contributed by atoms with Gasteiger partial charge >= 0.3 is 0 Å². The molecule has 2 aromatic rings. The number of pyridine rings is 1. The standard InChI is InChI=1S/C14H13N5O/c1-19(13-5-3-2-4-10(13)8-15)14(20)11-6-7-17-9-12(11)18-16/h2-7,9,18H,16H2,1H3. The first-order valence-corrected chi connectivity index (χ1v) is 5.87. The Labute approximate surface area is 116 Å². The molecule has 0 aliphatic rings. The van der Waals surface area contributed by atoms with Crippen molar-refractivity contribution in [3.05, 3.63) is 53.9 Å². The number of amides is 1. The maximum Gasteiger partial charge on any atom is 0.260 e. The Balaban J connectivity index is 2.41. The maximum atomic E-state index is 12.5. The summed E-state index contributed by atoms with van der Waals surface area (Å²) in [5.41, 5.74) is 4.22. The van der Waals surface area contributed by atoms with Crippen molar-refractivity contribution in [2.45, 2.75) is 0 Å². The number of rotatable bonds is 3. The van der Waals surface area contributed by atoms with E-state index in [0.29, 0.717) is 22.5 Å². The molecule has 1 aromatic heterocycles. The summed E-state index contributed by atoms with van der Waals surface area (Å²) in [5.74, 6) is 5.10. The molecular weight excluding hydrogens is 254 g/mol. The lowest BCUT2D eigenvalue weighted by atomic mass is 10.1. The summed E-state index contributed by atoms with van der Waals surface area (Å²) in [4.78, 5) is 17.8. The molecule has 0 bridgehead atoms. The zero-order valence-corrected chi connectivity index (χ0v) is 10.9. The van der Waals surface area contributed by atoms with Gasteiger partial charge in [-0.1, -0.05) is 12.1 Å². The van der Waals surface area contributed by atoms with Crippen molar-refractivity contribution in [2.24, 2.45) is 5.84 Å². The average molecular weight is 267 g/mol. The van der Waals surface area contributed by atoms with E-state index in [1.54, 1.807) is 37.4 Å². The molecule has 0 saturated carbocycles. The average Bonchev–Trinajstić information content (AvgIpc) is 2.53. The van der Waals surface area contributed by atoms with Crippen molar-refractivity contribution in [3.8, 4) is 6.07 Å². The van der Waals surface area contributed by atoms with Crippen LogP contribution < -0.4 is 16.2 Å². The van der Waals surface area contributed by atoms with E-state index in [0.717, 1.165) is 0 Å². The summed E-state index contributed by atoms with van der Waals surface area (Å²) in [6.45, 7) is 0. The lowest BCUT2D eigenvalue weighted by molar-refractivity contribution is 0.0993. The SMILES string of the molecule is CN(C(=O)c1ccncc1NN)c1ccccc1C#N. The molecule has 0 fully saturated rings. The summed E-state index contributed by atoms with van der Waals surface area (Å²) in [6, 6.07) is 10.5. The summed E-state index contributed by atoms with van der Waals surface area (Å²) in [6.07, 6.45) is 2.98. The minimum absolute atomic E-state index is 0.275. The van der Waals surface area contributed by atoms with Crippen LogP contribution in [0.2, 0.25) is 0 Å². The van der Waals surface area contributed by atoms with Gasteiger partial charge in [-0.05, 0) is 18.2 Å². The fourth-order valence-corrected chi connectivity index (χ4v) is 1.85. The van der Waals surface area contributed by atoms with E-state index in [-0.39, 0.29) is 5.91 Å². The number of benzene rings is 1. The molecule has 0 saturated heterocycles. The first kappa shape index (κ1) is 13.5. The van der Waals surface area contributed by atoms with E-state index < -0.39 is 0 Å². The van der Waals surface area contributed by atoms with Crippen LogP contribution in [-0.2, 0) is 0 Å². The van der Waals surface area contributed by atoms with Gasteiger partial charge in [0.25, 0.3) is 5.91 Å². The first-order valence-electron chi connectivity index (χ1n) is 5.87. The molecule has 0 unspecified atom stereocenters. The van der Waals surface area contributed by atoms with Crippen LogP contribution in [0, 0.1) is 11.3 Å². The lowest BCUT2D eigenvalue weighted by Crippen LogP contribution is -2.28. The molecule has 0 spiro atoms. The molecule has 1 amide bonds. The largest absolute Gasteiger partial charge is 0.322 e. The van der Waals surface area contributed by atoms with Gasteiger partial charge in [-0.2, -0.15) is 5.26 Å². The van der Waals surface area contributed by atoms with Gasteiger partial charge in [-0.15, -0.1) is 0 Å². The smallest absolute Gasteiger partial charge is 0.260 e. The molecule has 0 aliphatic carbocycles. The topological polar surface area (TPSA) is 95.0 Å². The van der Waals surface area contributed by atoms with E-state index in [1.807, 2.05) is 0 Å². The van der Waals surface area contributed by atoms with Crippen molar-refractivity contribution < 1.29 is 4.79 Å². The van der Waals surface area contributed by atoms with E-state index in [4.69, 9.17) is 11.1 Å². The molecule has 0 radical (unpaired) electrons. The number of carbonyl (C=O) groups excluding carboxylic acids is 1. The zero-order valence-electron chi connectivity index (χ0n) is 10.9. The molecule has 3 N–H and O–H groups in total. The van der Waals surface area contributed by atoms with E-state index in [2.05, 4.69) is 16.5 Å². The Hall–Kier alpha value is -2.91. The number of nitrogens with one attached hydrogen (secondary N) is 1. The van der Waals surface area contributed by atoms with E-state index in [9.17, 15) is 4.79 Å². The molecule has 6 nitrogen and oxygen atoms in total. The van der Waals surface area contributed by atoms with Crippen LogP contribution in [0.15, 0.2) is 42.7 Å². The Morgan fingerprint density at radius 1 is 1.40 bits per heavy atom. The summed E-state index contributed by atoms with van der Waals surface area (Å²) >= 11 is 0. The molecule has 0 atom stereocenters. The van der Waals surface area contributed by atoms with Gasteiger partial charge in [-0.3, -0.25) is 15.6 Å². The van der Waals surface area contributed by atoms with Gasteiger partial charge in [0, 0.05) is 13.2 Å². The minimum Gasteiger partial charge on any atom is -0.322 e. The molecule has 1 aromatic carbocycles. The molecule has 20 heavy (non-hydrogen) atoms. The quantitative estimate of drug-likeness (QED) is 0.649. The van der Waals surface area contributed by atoms with Crippen LogP contribution in [0.25, 0.3) is 0 Å². The number of nitrogen functional groups attached to an aromatic ring is 1. The zero-order chi connectivity index (χ0) is 14.5. The third-order valence-electron chi connectivity index (χ3n) is 2.90. The third kappa shape index (κ3) is 2.43. The Morgan fingerprint density at radius 2 is 2.15 bits per heavy atom. The van der Waals surface area contributed by atoms with Crippen molar-refractivity contribution >= 4 is 17.3 Å². The van der Waals surface area contributed by atoms with Crippen molar-refractivity contribution in [3.63, 3.8) is 0 Å². The molecule has 6 heteroatoms. The number of hydrogen-bond donors (Lipinski definition) is 2. The highest BCUT2D eigenvalue weighted by Gasteiger charge is 2.18. The number of hydrazine groups is 1. The van der Waals surface area contributed by atoms with Crippen LogP contribution >= 0.6 is 0 Å². The van der Waals surface area contributed by atoms with Gasteiger partial charge in [0.2, 0.25) is 0 Å². The number of aromatic nitrogens is 1. The predicted molar refractivity (Wildman–Crippen MR) is 75.9 cm³/mol. The number of nitrogens with two attached hydrogens (primary N) is 1. The second-order valence-electron chi connectivity index (χ2n) is 4.06. The normalized spacial score (nSPS) is 9.65. The fraction of sp³-hybridized carbons (Fsp3) is 0.0714. The Morgan fingerprint density at radius 3 is 2.85 bits per heavy atom. The molecule has 100 valence electrons.